The fourth-order valence-electron chi connectivity index (χ4n) is 4.56. The molecular formula is C32H41N3O7S. The minimum Gasteiger partial charge on any atom is -0.497 e. The highest BCUT2D eigenvalue weighted by atomic mass is 32.2. The fraction of sp³-hybridized carbons (Fsp3) is 0.375. The van der Waals surface area contributed by atoms with E-state index < -0.39 is 28.5 Å². The van der Waals surface area contributed by atoms with Gasteiger partial charge >= 0.3 is 0 Å². The van der Waals surface area contributed by atoms with Crippen LogP contribution in [-0.2, 0) is 26.2 Å². The van der Waals surface area contributed by atoms with E-state index in [0.717, 1.165) is 21.9 Å². The molecular weight excluding hydrogens is 570 g/mol. The van der Waals surface area contributed by atoms with Crippen molar-refractivity contribution in [1.29, 1.82) is 0 Å². The molecule has 0 saturated carbocycles. The summed E-state index contributed by atoms with van der Waals surface area (Å²) in [6, 6.07) is 17.4. The Morgan fingerprint density at radius 3 is 2.07 bits per heavy atom. The fourth-order valence-corrected chi connectivity index (χ4v) is 5.97. The van der Waals surface area contributed by atoms with Crippen LogP contribution in [0.15, 0.2) is 71.6 Å². The van der Waals surface area contributed by atoms with Crippen molar-refractivity contribution in [1.82, 2.24) is 10.2 Å². The van der Waals surface area contributed by atoms with Gasteiger partial charge in [-0.15, -0.1) is 0 Å². The SMILES string of the molecule is CCCNC(=O)[C@H](CC)N(Cc1ccc(OC)cc1)C(=O)CN(c1ccc(OC)c(OC)c1)S(=O)(=O)c1ccc(C)cc1. The van der Waals surface area contributed by atoms with Crippen molar-refractivity contribution in [3.8, 4) is 17.2 Å². The second-order valence-electron chi connectivity index (χ2n) is 9.95. The van der Waals surface area contributed by atoms with E-state index in [1.54, 1.807) is 43.5 Å². The molecule has 0 radical (unpaired) electrons. The molecule has 2 amide bonds. The van der Waals surface area contributed by atoms with Crippen LogP contribution in [0, 0.1) is 6.92 Å². The summed E-state index contributed by atoms with van der Waals surface area (Å²) in [6.45, 7) is 5.61. The van der Waals surface area contributed by atoms with Gasteiger partial charge in [-0.2, -0.15) is 0 Å². The summed E-state index contributed by atoms with van der Waals surface area (Å²) in [7, 11) is 0.269. The van der Waals surface area contributed by atoms with Crippen molar-refractivity contribution < 1.29 is 32.2 Å². The smallest absolute Gasteiger partial charge is 0.264 e. The summed E-state index contributed by atoms with van der Waals surface area (Å²) in [5.74, 6) is 0.519. The van der Waals surface area contributed by atoms with Crippen LogP contribution in [0.2, 0.25) is 0 Å². The maximum atomic E-state index is 14.2. The molecule has 3 rings (SSSR count). The Morgan fingerprint density at radius 2 is 1.51 bits per heavy atom. The van der Waals surface area contributed by atoms with Crippen LogP contribution in [0.1, 0.15) is 37.8 Å². The van der Waals surface area contributed by atoms with Gasteiger partial charge in [0.25, 0.3) is 10.0 Å². The first kappa shape index (κ1) is 33.3. The predicted molar refractivity (Wildman–Crippen MR) is 166 cm³/mol. The molecule has 11 heteroatoms. The number of nitrogens with zero attached hydrogens (tertiary/aromatic N) is 2. The lowest BCUT2D eigenvalue weighted by molar-refractivity contribution is -0.140. The lowest BCUT2D eigenvalue weighted by Crippen LogP contribution is -2.52. The second kappa shape index (κ2) is 15.3. The van der Waals surface area contributed by atoms with Crippen molar-refractivity contribution in [2.75, 3.05) is 38.7 Å². The van der Waals surface area contributed by atoms with Crippen LogP contribution in [0.25, 0.3) is 0 Å². The molecule has 43 heavy (non-hydrogen) atoms. The molecule has 0 unspecified atom stereocenters. The first-order valence-corrected chi connectivity index (χ1v) is 15.5. The van der Waals surface area contributed by atoms with Gasteiger partial charge in [0.2, 0.25) is 11.8 Å². The van der Waals surface area contributed by atoms with Crippen molar-refractivity contribution in [3.05, 3.63) is 77.9 Å². The number of benzene rings is 3. The van der Waals surface area contributed by atoms with E-state index >= 15 is 0 Å². The quantitative estimate of drug-likeness (QED) is 0.268. The molecule has 0 saturated heterocycles. The zero-order chi connectivity index (χ0) is 31.6. The highest BCUT2D eigenvalue weighted by Crippen LogP contribution is 2.34. The molecule has 232 valence electrons. The average molecular weight is 612 g/mol. The first-order valence-electron chi connectivity index (χ1n) is 14.1. The van der Waals surface area contributed by atoms with Gasteiger partial charge in [0.1, 0.15) is 18.3 Å². The van der Waals surface area contributed by atoms with E-state index in [4.69, 9.17) is 14.2 Å². The van der Waals surface area contributed by atoms with Crippen LogP contribution in [-0.4, -0.2) is 65.6 Å². The number of ether oxygens (including phenoxy) is 3. The first-order chi connectivity index (χ1) is 20.6. The standard InChI is InChI=1S/C32H41N3O7S/c1-7-19-33-32(37)28(8-2)34(21-24-11-14-26(40-4)15-12-24)31(36)22-35(25-13-18-29(41-5)30(20-25)42-6)43(38,39)27-16-9-23(3)10-17-27/h9-18,20,28H,7-8,19,21-22H2,1-6H3,(H,33,37)/t28-/m0/s1. The van der Waals surface area contributed by atoms with Crippen LogP contribution < -0.4 is 23.8 Å². The number of hydrogen-bond donors (Lipinski definition) is 1. The van der Waals surface area contributed by atoms with E-state index in [2.05, 4.69) is 5.32 Å². The molecule has 0 aromatic heterocycles. The average Bonchev–Trinajstić information content (AvgIpc) is 3.02. The molecule has 0 aliphatic carbocycles. The Labute approximate surface area is 254 Å². The highest BCUT2D eigenvalue weighted by molar-refractivity contribution is 7.92. The molecule has 3 aromatic rings. The maximum absolute atomic E-state index is 14.2. The number of anilines is 1. The maximum Gasteiger partial charge on any atom is 0.264 e. The van der Waals surface area contributed by atoms with E-state index in [-0.39, 0.29) is 23.0 Å². The molecule has 10 nitrogen and oxygen atoms in total. The van der Waals surface area contributed by atoms with Gasteiger partial charge < -0.3 is 24.4 Å². The summed E-state index contributed by atoms with van der Waals surface area (Å²) in [4.78, 5) is 28.9. The summed E-state index contributed by atoms with van der Waals surface area (Å²) < 4.78 is 45.3. The number of hydrogen-bond acceptors (Lipinski definition) is 7. The van der Waals surface area contributed by atoms with Gasteiger partial charge in [-0.1, -0.05) is 43.7 Å². The summed E-state index contributed by atoms with van der Waals surface area (Å²) >= 11 is 0. The minimum atomic E-state index is -4.22. The minimum absolute atomic E-state index is 0.0233. The highest BCUT2D eigenvalue weighted by Gasteiger charge is 2.34. The molecule has 0 spiro atoms. The van der Waals surface area contributed by atoms with Crippen LogP contribution in [0.3, 0.4) is 0 Å². The number of rotatable bonds is 15. The number of sulfonamides is 1. The lowest BCUT2D eigenvalue weighted by atomic mass is 10.1. The predicted octanol–water partition coefficient (Wildman–Crippen LogP) is 4.55. The van der Waals surface area contributed by atoms with E-state index in [1.165, 1.54) is 37.3 Å². The molecule has 3 aromatic carbocycles. The number of nitrogens with one attached hydrogen (secondary N) is 1. The third kappa shape index (κ3) is 8.19. The van der Waals surface area contributed by atoms with E-state index in [1.807, 2.05) is 32.9 Å². The second-order valence-corrected chi connectivity index (χ2v) is 11.8. The van der Waals surface area contributed by atoms with Gasteiger partial charge in [-0.05, 0) is 61.7 Å². The summed E-state index contributed by atoms with van der Waals surface area (Å²) in [5.41, 5.74) is 1.86. The monoisotopic (exact) mass is 611 g/mol. The van der Waals surface area contributed by atoms with Crippen LogP contribution in [0.4, 0.5) is 5.69 Å². The van der Waals surface area contributed by atoms with Gasteiger partial charge in [-0.25, -0.2) is 8.42 Å². The molecule has 0 aliphatic rings. The zero-order valence-electron chi connectivity index (χ0n) is 25.6. The molecule has 0 fully saturated rings. The Kier molecular flexibility index (Phi) is 11.8. The molecule has 0 heterocycles. The van der Waals surface area contributed by atoms with Crippen molar-refractivity contribution >= 4 is 27.5 Å². The third-order valence-electron chi connectivity index (χ3n) is 6.99. The largest absolute Gasteiger partial charge is 0.497 e. The Balaban J connectivity index is 2.10. The summed E-state index contributed by atoms with van der Waals surface area (Å²) in [5, 5.41) is 2.88. The Hall–Kier alpha value is -4.25. The van der Waals surface area contributed by atoms with Crippen LogP contribution >= 0.6 is 0 Å². The molecule has 1 N–H and O–H groups in total. The number of methoxy groups -OCH3 is 3. The van der Waals surface area contributed by atoms with E-state index in [9.17, 15) is 18.0 Å². The zero-order valence-corrected chi connectivity index (χ0v) is 26.4. The molecule has 0 aliphatic heterocycles. The lowest BCUT2D eigenvalue weighted by Gasteiger charge is -2.33. The van der Waals surface area contributed by atoms with Crippen molar-refractivity contribution in [2.24, 2.45) is 0 Å². The number of carbonyl (C=O) groups is 2. The number of amides is 2. The summed E-state index contributed by atoms with van der Waals surface area (Å²) in [6.07, 6.45) is 1.06. The normalized spacial score (nSPS) is 11.8. The topological polar surface area (TPSA) is 114 Å². The van der Waals surface area contributed by atoms with Gasteiger partial charge in [0, 0.05) is 19.2 Å². The number of aryl methyl sites for hydroxylation is 1. The van der Waals surface area contributed by atoms with Gasteiger partial charge in [-0.3, -0.25) is 13.9 Å². The van der Waals surface area contributed by atoms with Gasteiger partial charge in [0.15, 0.2) is 11.5 Å². The number of carbonyl (C=O) groups excluding carboxylic acids is 2. The van der Waals surface area contributed by atoms with Crippen LogP contribution in [0.5, 0.6) is 17.2 Å². The van der Waals surface area contributed by atoms with Gasteiger partial charge in [0.05, 0.1) is 31.9 Å². The van der Waals surface area contributed by atoms with Crippen molar-refractivity contribution in [2.45, 2.75) is 51.1 Å². The van der Waals surface area contributed by atoms with Crippen molar-refractivity contribution in [3.63, 3.8) is 0 Å². The Bertz CT molecular complexity index is 1480. The Morgan fingerprint density at radius 1 is 0.860 bits per heavy atom. The molecule has 1 atom stereocenters. The molecule has 0 bridgehead atoms. The third-order valence-corrected chi connectivity index (χ3v) is 8.78. The van der Waals surface area contributed by atoms with E-state index in [0.29, 0.717) is 30.2 Å².